The number of rotatable bonds is 7. The Labute approximate surface area is 175 Å². The molecule has 0 amide bonds. The Morgan fingerprint density at radius 2 is 1.90 bits per heavy atom. The molecule has 1 aliphatic heterocycles. The number of piperidine rings is 1. The van der Waals surface area contributed by atoms with Crippen LogP contribution in [0, 0.1) is 11.6 Å². The van der Waals surface area contributed by atoms with Crippen molar-refractivity contribution < 1.29 is 18.3 Å². The molecule has 3 rings (SSSR count). The number of hydrogen-bond acceptors (Lipinski definition) is 5. The standard InChI is InChI=1S/C23H27F2N3O2/c1-3-30-22(29)15-26-23(18-6-4-5-7-20(18)25)19-14-16(24)8-9-21(19)27-17-10-12-28(2)13-11-17/h4-9,14,17,27H,3,10-13,15H2,1-2H3. The van der Waals surface area contributed by atoms with Gasteiger partial charge in [0, 0.05) is 22.9 Å². The van der Waals surface area contributed by atoms with Crippen molar-refractivity contribution in [2.75, 3.05) is 38.6 Å². The quantitative estimate of drug-likeness (QED) is 0.551. The third-order valence-electron chi connectivity index (χ3n) is 5.12. The highest BCUT2D eigenvalue weighted by atomic mass is 19.1. The minimum atomic E-state index is -0.521. The molecule has 0 atom stereocenters. The number of halogens is 2. The van der Waals surface area contributed by atoms with E-state index in [2.05, 4.69) is 22.3 Å². The van der Waals surface area contributed by atoms with Crippen molar-refractivity contribution in [3.8, 4) is 0 Å². The molecular formula is C23H27F2N3O2. The molecule has 5 nitrogen and oxygen atoms in total. The lowest BCUT2D eigenvalue weighted by Gasteiger charge is -2.31. The molecule has 1 saturated heterocycles. The molecule has 2 aromatic rings. The van der Waals surface area contributed by atoms with Gasteiger partial charge in [-0.2, -0.15) is 0 Å². The Hall–Kier alpha value is -2.80. The van der Waals surface area contributed by atoms with E-state index in [1.165, 1.54) is 18.2 Å². The van der Waals surface area contributed by atoms with Crippen molar-refractivity contribution in [1.29, 1.82) is 0 Å². The van der Waals surface area contributed by atoms with Crippen LogP contribution in [0.4, 0.5) is 14.5 Å². The molecule has 7 heteroatoms. The van der Waals surface area contributed by atoms with Gasteiger partial charge in [0.15, 0.2) is 0 Å². The van der Waals surface area contributed by atoms with Crippen molar-refractivity contribution in [2.24, 2.45) is 4.99 Å². The van der Waals surface area contributed by atoms with Gasteiger partial charge in [0.25, 0.3) is 0 Å². The first-order valence-electron chi connectivity index (χ1n) is 10.2. The zero-order chi connectivity index (χ0) is 21.5. The van der Waals surface area contributed by atoms with Crippen molar-refractivity contribution in [2.45, 2.75) is 25.8 Å². The number of aliphatic imine (C=N–C) groups is 1. The average Bonchev–Trinajstić information content (AvgIpc) is 2.73. The zero-order valence-corrected chi connectivity index (χ0v) is 17.3. The SMILES string of the molecule is CCOC(=O)CN=C(c1ccccc1F)c1cc(F)ccc1NC1CCN(C)CC1. The van der Waals surface area contributed by atoms with Crippen LogP contribution in [0.25, 0.3) is 0 Å². The Bertz CT molecular complexity index is 909. The highest BCUT2D eigenvalue weighted by Crippen LogP contribution is 2.25. The van der Waals surface area contributed by atoms with E-state index in [0.717, 1.165) is 25.9 Å². The zero-order valence-electron chi connectivity index (χ0n) is 17.3. The first-order valence-corrected chi connectivity index (χ1v) is 10.2. The van der Waals surface area contributed by atoms with Gasteiger partial charge in [-0.3, -0.25) is 9.79 Å². The maximum Gasteiger partial charge on any atom is 0.327 e. The second kappa shape index (κ2) is 10.3. The molecule has 0 unspecified atom stereocenters. The van der Waals surface area contributed by atoms with Crippen LogP contribution in [0.2, 0.25) is 0 Å². The van der Waals surface area contributed by atoms with Gasteiger partial charge < -0.3 is 15.0 Å². The normalized spacial score (nSPS) is 15.8. The number of ether oxygens (including phenoxy) is 1. The summed E-state index contributed by atoms with van der Waals surface area (Å²) >= 11 is 0. The number of likely N-dealkylation sites (tertiary alicyclic amines) is 1. The van der Waals surface area contributed by atoms with Crippen molar-refractivity contribution in [3.63, 3.8) is 0 Å². The molecule has 1 heterocycles. The van der Waals surface area contributed by atoms with E-state index in [1.807, 2.05) is 0 Å². The van der Waals surface area contributed by atoms with Crippen LogP contribution in [0.3, 0.4) is 0 Å². The predicted octanol–water partition coefficient (Wildman–Crippen LogP) is 3.87. The fourth-order valence-electron chi connectivity index (χ4n) is 3.53. The number of nitrogens with one attached hydrogen (secondary N) is 1. The summed E-state index contributed by atoms with van der Waals surface area (Å²) in [4.78, 5) is 18.5. The summed E-state index contributed by atoms with van der Waals surface area (Å²) in [5.41, 5.74) is 1.51. The topological polar surface area (TPSA) is 53.9 Å². The Balaban J connectivity index is 1.99. The van der Waals surface area contributed by atoms with Crippen LogP contribution in [0.15, 0.2) is 47.5 Å². The van der Waals surface area contributed by atoms with E-state index in [0.29, 0.717) is 11.3 Å². The summed E-state index contributed by atoms with van der Waals surface area (Å²) in [6.45, 7) is 3.58. The number of nitrogens with zero attached hydrogens (tertiary/aromatic N) is 2. The van der Waals surface area contributed by atoms with Gasteiger partial charge in [-0.25, -0.2) is 8.78 Å². The molecule has 1 N–H and O–H groups in total. The number of esters is 1. The third kappa shape index (κ3) is 5.63. The maximum absolute atomic E-state index is 14.6. The Morgan fingerprint density at radius 3 is 2.60 bits per heavy atom. The molecule has 0 aliphatic carbocycles. The minimum absolute atomic E-state index is 0.207. The molecule has 2 aromatic carbocycles. The van der Waals surface area contributed by atoms with Crippen LogP contribution in [-0.4, -0.2) is 55.9 Å². The lowest BCUT2D eigenvalue weighted by atomic mass is 9.98. The highest BCUT2D eigenvalue weighted by Gasteiger charge is 2.21. The summed E-state index contributed by atoms with van der Waals surface area (Å²) < 4.78 is 33.8. The van der Waals surface area contributed by atoms with Gasteiger partial charge >= 0.3 is 5.97 Å². The first-order chi connectivity index (χ1) is 14.5. The molecule has 1 aliphatic rings. The fraction of sp³-hybridized carbons (Fsp3) is 0.391. The van der Waals surface area contributed by atoms with Crippen LogP contribution < -0.4 is 5.32 Å². The molecule has 1 fully saturated rings. The van der Waals surface area contributed by atoms with E-state index < -0.39 is 17.6 Å². The predicted molar refractivity (Wildman–Crippen MR) is 114 cm³/mol. The van der Waals surface area contributed by atoms with E-state index in [4.69, 9.17) is 4.74 Å². The van der Waals surface area contributed by atoms with Crippen molar-refractivity contribution in [3.05, 3.63) is 65.2 Å². The Morgan fingerprint density at radius 1 is 1.17 bits per heavy atom. The number of carbonyl (C=O) groups is 1. The molecule has 0 radical (unpaired) electrons. The van der Waals surface area contributed by atoms with Gasteiger partial charge in [0.05, 0.1) is 12.3 Å². The van der Waals surface area contributed by atoms with E-state index in [1.54, 1.807) is 31.2 Å². The average molecular weight is 415 g/mol. The van der Waals surface area contributed by atoms with Gasteiger partial charge in [0.2, 0.25) is 0 Å². The largest absolute Gasteiger partial charge is 0.465 e. The van der Waals surface area contributed by atoms with Gasteiger partial charge in [-0.15, -0.1) is 0 Å². The van der Waals surface area contributed by atoms with Gasteiger partial charge in [-0.05, 0) is 70.2 Å². The first kappa shape index (κ1) is 21.9. The minimum Gasteiger partial charge on any atom is -0.465 e. The summed E-state index contributed by atoms with van der Waals surface area (Å²) in [5, 5.41) is 3.47. The van der Waals surface area contributed by atoms with Crippen LogP contribution in [0.5, 0.6) is 0 Å². The smallest absolute Gasteiger partial charge is 0.327 e. The van der Waals surface area contributed by atoms with Gasteiger partial charge in [0.1, 0.15) is 18.2 Å². The fourth-order valence-corrected chi connectivity index (χ4v) is 3.53. The number of hydrogen-bond donors (Lipinski definition) is 1. The van der Waals surface area contributed by atoms with Crippen LogP contribution in [0.1, 0.15) is 30.9 Å². The van der Waals surface area contributed by atoms with Crippen LogP contribution >= 0.6 is 0 Å². The molecule has 0 aromatic heterocycles. The van der Waals surface area contributed by atoms with E-state index >= 15 is 0 Å². The number of benzene rings is 2. The summed E-state index contributed by atoms with van der Waals surface area (Å²) in [5.74, 6) is -1.47. The monoisotopic (exact) mass is 415 g/mol. The Kier molecular flexibility index (Phi) is 7.52. The van der Waals surface area contributed by atoms with E-state index in [9.17, 15) is 13.6 Å². The van der Waals surface area contributed by atoms with E-state index in [-0.39, 0.29) is 30.5 Å². The summed E-state index contributed by atoms with van der Waals surface area (Å²) in [6, 6.07) is 10.7. The second-order valence-electron chi connectivity index (χ2n) is 7.36. The molecule has 160 valence electrons. The lowest BCUT2D eigenvalue weighted by molar-refractivity contribution is -0.141. The third-order valence-corrected chi connectivity index (χ3v) is 5.12. The molecular weight excluding hydrogens is 388 g/mol. The molecule has 30 heavy (non-hydrogen) atoms. The van der Waals surface area contributed by atoms with Crippen molar-refractivity contribution in [1.82, 2.24) is 4.90 Å². The molecule has 0 saturated carbocycles. The summed E-state index contributed by atoms with van der Waals surface area (Å²) in [6.07, 6.45) is 1.89. The highest BCUT2D eigenvalue weighted by molar-refractivity contribution is 6.16. The van der Waals surface area contributed by atoms with Crippen molar-refractivity contribution >= 4 is 17.4 Å². The lowest BCUT2D eigenvalue weighted by Crippen LogP contribution is -2.37. The second-order valence-corrected chi connectivity index (χ2v) is 7.36. The molecule has 0 spiro atoms. The maximum atomic E-state index is 14.6. The number of carbonyl (C=O) groups excluding carboxylic acids is 1. The van der Waals surface area contributed by atoms with Crippen LogP contribution in [-0.2, 0) is 9.53 Å². The van der Waals surface area contributed by atoms with Gasteiger partial charge in [-0.1, -0.05) is 12.1 Å². The number of anilines is 1. The summed E-state index contributed by atoms with van der Waals surface area (Å²) in [7, 11) is 2.08. The molecule has 0 bridgehead atoms.